The Morgan fingerprint density at radius 1 is 1.42 bits per heavy atom. The molecule has 2 atom stereocenters. The number of β-amino-alcohol motifs (C(OH)–C–C–N with tert-alkyl or cyclic N) is 1. The number of carboxylic acid groups (broad SMARTS) is 1. The molecule has 19 heavy (non-hydrogen) atoms. The number of carboxylic acids is 1. The Morgan fingerprint density at radius 3 is 2.68 bits per heavy atom. The predicted molar refractivity (Wildman–Crippen MR) is 67.2 cm³/mol. The van der Waals surface area contributed by atoms with Crippen molar-refractivity contribution >= 4 is 27.8 Å². The number of hydrogen-bond donors (Lipinski definition) is 2. The number of benzene rings is 1. The van der Waals surface area contributed by atoms with Gasteiger partial charge in [-0.05, 0) is 34.1 Å². The van der Waals surface area contributed by atoms with Crippen LogP contribution in [-0.2, 0) is 4.79 Å². The van der Waals surface area contributed by atoms with Gasteiger partial charge in [0.1, 0.15) is 11.9 Å². The molecule has 2 N–H and O–H groups in total. The molecule has 0 radical (unpaired) electrons. The van der Waals surface area contributed by atoms with Crippen LogP contribution in [0.25, 0.3) is 0 Å². The first-order chi connectivity index (χ1) is 8.90. The highest BCUT2D eigenvalue weighted by Gasteiger charge is 2.39. The second-order valence-electron chi connectivity index (χ2n) is 4.33. The number of aliphatic hydroxyl groups is 1. The highest BCUT2D eigenvalue weighted by Crippen LogP contribution is 2.23. The van der Waals surface area contributed by atoms with E-state index in [1.165, 1.54) is 12.1 Å². The molecule has 7 heteroatoms. The van der Waals surface area contributed by atoms with Crippen molar-refractivity contribution in [2.45, 2.75) is 18.6 Å². The third-order valence-corrected chi connectivity index (χ3v) is 3.63. The normalized spacial score (nSPS) is 22.6. The van der Waals surface area contributed by atoms with Crippen LogP contribution in [0.3, 0.4) is 0 Å². The molecule has 1 aromatic carbocycles. The van der Waals surface area contributed by atoms with Gasteiger partial charge in [0.2, 0.25) is 0 Å². The molecule has 1 aliphatic rings. The average molecular weight is 332 g/mol. The van der Waals surface area contributed by atoms with E-state index in [0.29, 0.717) is 0 Å². The number of aliphatic hydroxyl groups excluding tert-OH is 1. The minimum atomic E-state index is -1.18. The van der Waals surface area contributed by atoms with E-state index in [2.05, 4.69) is 15.9 Å². The number of nitrogens with zero attached hydrogens (tertiary/aromatic N) is 1. The van der Waals surface area contributed by atoms with Crippen molar-refractivity contribution in [1.82, 2.24) is 4.90 Å². The Bertz CT molecular complexity index is 536. The molecule has 1 aromatic rings. The number of rotatable bonds is 2. The van der Waals surface area contributed by atoms with Crippen LogP contribution in [0.4, 0.5) is 4.39 Å². The summed E-state index contributed by atoms with van der Waals surface area (Å²) < 4.78 is 13.6. The molecule has 1 heterocycles. The largest absolute Gasteiger partial charge is 0.480 e. The maximum atomic E-state index is 13.4. The first-order valence-electron chi connectivity index (χ1n) is 5.57. The highest BCUT2D eigenvalue weighted by atomic mass is 79.9. The molecule has 0 saturated carbocycles. The summed E-state index contributed by atoms with van der Waals surface area (Å²) in [6.07, 6.45) is -0.884. The van der Waals surface area contributed by atoms with Crippen molar-refractivity contribution in [1.29, 1.82) is 0 Å². The number of aliphatic carboxylic acids is 1. The molecule has 5 nitrogen and oxygen atoms in total. The van der Waals surface area contributed by atoms with E-state index < -0.39 is 29.8 Å². The maximum Gasteiger partial charge on any atom is 0.326 e. The van der Waals surface area contributed by atoms with Gasteiger partial charge in [-0.1, -0.05) is 0 Å². The number of carbonyl (C=O) groups is 2. The fraction of sp³-hybridized carbons (Fsp3) is 0.333. The molecule has 0 spiro atoms. The summed E-state index contributed by atoms with van der Waals surface area (Å²) in [5, 5.41) is 18.5. The summed E-state index contributed by atoms with van der Waals surface area (Å²) in [5.41, 5.74) is 0.0565. The Balaban J connectivity index is 2.27. The van der Waals surface area contributed by atoms with Gasteiger partial charge < -0.3 is 15.1 Å². The minimum absolute atomic E-state index is 0.0138. The SMILES string of the molecule is O=C(O)[C@@H]1C[C@H](O)CN1C(=O)c1ccc(Br)c(F)c1. The smallest absolute Gasteiger partial charge is 0.326 e. The average Bonchev–Trinajstić information content (AvgIpc) is 2.74. The Morgan fingerprint density at radius 2 is 2.11 bits per heavy atom. The van der Waals surface area contributed by atoms with Gasteiger partial charge in [-0.3, -0.25) is 4.79 Å². The maximum absolute atomic E-state index is 13.4. The number of likely N-dealkylation sites (tertiary alicyclic amines) is 1. The Labute approximate surface area is 116 Å². The third-order valence-electron chi connectivity index (χ3n) is 2.99. The molecule has 0 aromatic heterocycles. The van der Waals surface area contributed by atoms with Crippen LogP contribution < -0.4 is 0 Å². The van der Waals surface area contributed by atoms with Crippen molar-refractivity contribution in [2.75, 3.05) is 6.54 Å². The zero-order chi connectivity index (χ0) is 14.2. The van der Waals surface area contributed by atoms with E-state index >= 15 is 0 Å². The Kier molecular flexibility index (Phi) is 3.86. The number of halogens is 2. The third kappa shape index (κ3) is 2.76. The van der Waals surface area contributed by atoms with Crippen LogP contribution in [0.15, 0.2) is 22.7 Å². The summed E-state index contributed by atoms with van der Waals surface area (Å²) in [7, 11) is 0. The molecular formula is C12H11BrFNO4. The van der Waals surface area contributed by atoms with Gasteiger partial charge >= 0.3 is 5.97 Å². The second kappa shape index (κ2) is 5.26. The molecular weight excluding hydrogens is 321 g/mol. The van der Waals surface area contributed by atoms with Crippen molar-refractivity contribution in [3.63, 3.8) is 0 Å². The van der Waals surface area contributed by atoms with Crippen LogP contribution in [0, 0.1) is 5.82 Å². The molecule has 1 saturated heterocycles. The number of carbonyl (C=O) groups excluding carboxylic acids is 1. The van der Waals surface area contributed by atoms with Crippen molar-refractivity contribution in [3.05, 3.63) is 34.1 Å². The summed E-state index contributed by atoms with van der Waals surface area (Å²) in [6, 6.07) is 2.74. The minimum Gasteiger partial charge on any atom is -0.480 e. The molecule has 1 amide bonds. The lowest BCUT2D eigenvalue weighted by atomic mass is 10.1. The van der Waals surface area contributed by atoms with Gasteiger partial charge in [-0.2, -0.15) is 0 Å². The van der Waals surface area contributed by atoms with Gasteiger partial charge in [0.15, 0.2) is 0 Å². The molecule has 0 unspecified atom stereocenters. The second-order valence-corrected chi connectivity index (χ2v) is 5.18. The first kappa shape index (κ1) is 14.0. The van der Waals surface area contributed by atoms with Crippen LogP contribution in [0.5, 0.6) is 0 Å². The van der Waals surface area contributed by atoms with Gasteiger partial charge in [0.05, 0.1) is 10.6 Å². The molecule has 102 valence electrons. The fourth-order valence-corrected chi connectivity index (χ4v) is 2.31. The van der Waals surface area contributed by atoms with Crippen LogP contribution in [-0.4, -0.2) is 45.7 Å². The summed E-state index contributed by atoms with van der Waals surface area (Å²) in [6.45, 7) is -0.0620. The zero-order valence-electron chi connectivity index (χ0n) is 9.72. The quantitative estimate of drug-likeness (QED) is 0.854. The van der Waals surface area contributed by atoms with E-state index in [9.17, 15) is 19.1 Å². The molecule has 2 rings (SSSR count). The number of amides is 1. The van der Waals surface area contributed by atoms with E-state index in [4.69, 9.17) is 5.11 Å². The van der Waals surface area contributed by atoms with Crippen molar-refractivity contribution in [2.24, 2.45) is 0 Å². The fourth-order valence-electron chi connectivity index (χ4n) is 2.07. The lowest BCUT2D eigenvalue weighted by Crippen LogP contribution is -2.40. The van der Waals surface area contributed by atoms with Crippen molar-refractivity contribution < 1.29 is 24.2 Å². The van der Waals surface area contributed by atoms with E-state index in [1.54, 1.807) is 0 Å². The van der Waals surface area contributed by atoms with Crippen LogP contribution in [0.2, 0.25) is 0 Å². The van der Waals surface area contributed by atoms with Gasteiger partial charge in [0, 0.05) is 18.5 Å². The van der Waals surface area contributed by atoms with E-state index in [0.717, 1.165) is 11.0 Å². The lowest BCUT2D eigenvalue weighted by Gasteiger charge is -2.21. The summed E-state index contributed by atoms with van der Waals surface area (Å²) in [4.78, 5) is 24.2. The number of hydrogen-bond acceptors (Lipinski definition) is 3. The van der Waals surface area contributed by atoms with Gasteiger partial charge in [-0.25, -0.2) is 9.18 Å². The lowest BCUT2D eigenvalue weighted by molar-refractivity contribution is -0.141. The summed E-state index contributed by atoms with van der Waals surface area (Å²) in [5.74, 6) is -2.38. The monoisotopic (exact) mass is 331 g/mol. The molecule has 0 bridgehead atoms. The van der Waals surface area contributed by atoms with E-state index in [-0.39, 0.29) is 23.0 Å². The topological polar surface area (TPSA) is 77.8 Å². The van der Waals surface area contributed by atoms with Crippen LogP contribution >= 0.6 is 15.9 Å². The molecule has 1 aliphatic heterocycles. The van der Waals surface area contributed by atoms with Gasteiger partial charge in [-0.15, -0.1) is 0 Å². The zero-order valence-corrected chi connectivity index (χ0v) is 11.3. The van der Waals surface area contributed by atoms with Gasteiger partial charge in [0.25, 0.3) is 5.91 Å². The van der Waals surface area contributed by atoms with Crippen LogP contribution in [0.1, 0.15) is 16.8 Å². The highest BCUT2D eigenvalue weighted by molar-refractivity contribution is 9.10. The standard InChI is InChI=1S/C12H11BrFNO4/c13-8-2-1-6(3-9(8)14)11(17)15-5-7(16)4-10(15)12(18)19/h1-3,7,10,16H,4-5H2,(H,18,19)/t7-,10-/m0/s1. The Hall–Kier alpha value is -1.47. The summed E-state index contributed by atoms with van der Waals surface area (Å²) >= 11 is 2.97. The first-order valence-corrected chi connectivity index (χ1v) is 6.36. The molecule has 1 fully saturated rings. The predicted octanol–water partition coefficient (Wildman–Crippen LogP) is 1.25. The molecule has 0 aliphatic carbocycles. The van der Waals surface area contributed by atoms with Crippen molar-refractivity contribution in [3.8, 4) is 0 Å². The van der Waals surface area contributed by atoms with E-state index in [1.807, 2.05) is 0 Å².